The molecule has 3 rings (SSSR count). The Labute approximate surface area is 194 Å². The maximum absolute atomic E-state index is 12.2. The van der Waals surface area contributed by atoms with Crippen LogP contribution in [0.3, 0.4) is 0 Å². The van der Waals surface area contributed by atoms with Gasteiger partial charge in [-0.05, 0) is 69.4 Å². The van der Waals surface area contributed by atoms with E-state index < -0.39 is 16.3 Å². The van der Waals surface area contributed by atoms with Crippen molar-refractivity contribution in [1.29, 1.82) is 0 Å². The van der Waals surface area contributed by atoms with E-state index in [0.717, 1.165) is 7.14 Å². The van der Waals surface area contributed by atoms with E-state index >= 15 is 0 Å². The summed E-state index contributed by atoms with van der Waals surface area (Å²) >= 11 is 16.7. The molecule has 1 aliphatic carbocycles. The Morgan fingerprint density at radius 1 is 0.815 bits per heavy atom. The summed E-state index contributed by atoms with van der Waals surface area (Å²) in [6.07, 6.45) is 0. The lowest BCUT2D eigenvalue weighted by Gasteiger charge is -2.07. The maximum Gasteiger partial charge on any atom is 0.339 e. The van der Waals surface area contributed by atoms with Gasteiger partial charge in [-0.1, -0.05) is 24.3 Å². The monoisotopic (exact) mass is 630 g/mol. The van der Waals surface area contributed by atoms with Crippen LogP contribution in [-0.2, 0) is 9.47 Å². The lowest BCUT2D eigenvalue weighted by molar-refractivity contribution is 0.0418. The van der Waals surface area contributed by atoms with Gasteiger partial charge in [0.05, 0.1) is 24.3 Å². The average Bonchev–Trinajstić information content (AvgIpc) is 3.17. The van der Waals surface area contributed by atoms with Crippen molar-refractivity contribution in [3.05, 3.63) is 66.8 Å². The van der Waals surface area contributed by atoms with Gasteiger partial charge in [0.1, 0.15) is 4.33 Å². The highest BCUT2D eigenvalue weighted by Gasteiger charge is 2.64. The first-order valence-electron chi connectivity index (χ1n) is 8.03. The minimum atomic E-state index is -1.08. The van der Waals surface area contributed by atoms with Crippen LogP contribution in [0.2, 0.25) is 0 Å². The molecule has 2 atom stereocenters. The van der Waals surface area contributed by atoms with Crippen molar-refractivity contribution in [2.45, 2.75) is 4.33 Å². The van der Waals surface area contributed by atoms with Crippen molar-refractivity contribution in [3.63, 3.8) is 0 Å². The first kappa shape index (κ1) is 21.1. The molecule has 0 heterocycles. The minimum Gasteiger partial charge on any atom is -0.462 e. The van der Waals surface area contributed by atoms with Gasteiger partial charge in [0.25, 0.3) is 0 Å². The van der Waals surface area contributed by atoms with Gasteiger partial charge in [0.15, 0.2) is 0 Å². The van der Waals surface area contributed by atoms with Crippen LogP contribution >= 0.6 is 68.4 Å². The van der Waals surface area contributed by atoms with Crippen LogP contribution < -0.4 is 0 Å². The number of esters is 2. The van der Waals surface area contributed by atoms with Gasteiger partial charge in [0, 0.05) is 19.0 Å². The molecular formula is C19H14Cl2I2O4. The summed E-state index contributed by atoms with van der Waals surface area (Å²) in [5.74, 6) is -1.42. The first-order valence-corrected chi connectivity index (χ1v) is 10.9. The standard InChI is InChI=1S/C19H14Cl2I2O4/c20-19(21)13(9-26-17(24)11-5-1-3-7-15(11)22)14(19)10-27-18(25)12-6-2-4-8-16(12)23/h1-8,13-14H,9-10H2/t13-,14-/m1/s1. The molecule has 0 unspecified atom stereocenters. The Bertz CT molecular complexity index is 803. The Morgan fingerprint density at radius 3 is 1.56 bits per heavy atom. The second-order valence-corrected chi connectivity index (χ2v) is 9.81. The SMILES string of the molecule is O=C(OC[C@@H]1[C@@H](COC(=O)c2ccccc2I)C1(Cl)Cl)c1ccccc1I. The summed E-state index contributed by atoms with van der Waals surface area (Å²) in [5.41, 5.74) is 0.991. The van der Waals surface area contributed by atoms with Crippen LogP contribution in [-0.4, -0.2) is 29.5 Å². The van der Waals surface area contributed by atoms with Crippen molar-refractivity contribution in [2.24, 2.45) is 11.8 Å². The van der Waals surface area contributed by atoms with Crippen LogP contribution in [0.15, 0.2) is 48.5 Å². The van der Waals surface area contributed by atoms with Gasteiger partial charge in [0.2, 0.25) is 0 Å². The van der Waals surface area contributed by atoms with Gasteiger partial charge in [-0.25, -0.2) is 9.59 Å². The fourth-order valence-corrected chi connectivity index (χ4v) is 4.60. The summed E-state index contributed by atoms with van der Waals surface area (Å²) in [6.45, 7) is 0.143. The highest BCUT2D eigenvalue weighted by atomic mass is 127. The zero-order chi connectivity index (χ0) is 19.6. The second-order valence-electron chi connectivity index (χ2n) is 6.04. The number of alkyl halides is 2. The molecule has 0 spiro atoms. The van der Waals surface area contributed by atoms with Crippen LogP contribution in [0, 0.1) is 19.0 Å². The number of carbonyl (C=O) groups is 2. The number of hydrogen-bond donors (Lipinski definition) is 0. The Balaban J connectivity index is 1.53. The molecule has 0 N–H and O–H groups in total. The Hall–Kier alpha value is -0.580. The third kappa shape index (κ3) is 4.89. The number of carbonyl (C=O) groups excluding carboxylic acids is 2. The summed E-state index contributed by atoms with van der Waals surface area (Å²) in [6, 6.07) is 14.3. The smallest absolute Gasteiger partial charge is 0.339 e. The molecule has 0 aromatic heterocycles. The zero-order valence-corrected chi connectivity index (χ0v) is 19.7. The fourth-order valence-electron chi connectivity index (χ4n) is 2.66. The summed E-state index contributed by atoms with van der Waals surface area (Å²) in [4.78, 5) is 24.4. The number of rotatable bonds is 6. The van der Waals surface area contributed by atoms with Gasteiger partial charge in [-0.3, -0.25) is 0 Å². The minimum absolute atomic E-state index is 0.0713. The molecule has 8 heteroatoms. The van der Waals surface area contributed by atoms with Crippen molar-refractivity contribution < 1.29 is 19.1 Å². The predicted molar refractivity (Wildman–Crippen MR) is 120 cm³/mol. The van der Waals surface area contributed by atoms with E-state index in [9.17, 15) is 9.59 Å². The molecule has 0 saturated heterocycles. The van der Waals surface area contributed by atoms with E-state index in [2.05, 4.69) is 45.2 Å². The molecule has 27 heavy (non-hydrogen) atoms. The van der Waals surface area contributed by atoms with Crippen molar-refractivity contribution in [2.75, 3.05) is 13.2 Å². The maximum atomic E-state index is 12.2. The topological polar surface area (TPSA) is 52.6 Å². The molecule has 2 aromatic rings. The third-order valence-corrected chi connectivity index (χ3v) is 7.34. The van der Waals surface area contributed by atoms with Crippen LogP contribution in [0.25, 0.3) is 0 Å². The molecule has 142 valence electrons. The largest absolute Gasteiger partial charge is 0.462 e. The first-order chi connectivity index (χ1) is 12.8. The van der Waals surface area contributed by atoms with E-state index in [4.69, 9.17) is 32.7 Å². The Morgan fingerprint density at radius 2 is 1.19 bits per heavy atom. The molecule has 1 aliphatic rings. The molecule has 0 bridgehead atoms. The second kappa shape index (κ2) is 8.84. The predicted octanol–water partition coefficient (Wildman–Crippen LogP) is 5.33. The number of halogens is 4. The fraction of sp³-hybridized carbons (Fsp3) is 0.263. The van der Waals surface area contributed by atoms with Crippen LogP contribution in [0.5, 0.6) is 0 Å². The quantitative estimate of drug-likeness (QED) is 0.246. The molecule has 1 fully saturated rings. The van der Waals surface area contributed by atoms with E-state index in [-0.39, 0.29) is 25.0 Å². The Kier molecular flexibility index (Phi) is 6.92. The molecule has 0 amide bonds. The van der Waals surface area contributed by atoms with Crippen molar-refractivity contribution in [3.8, 4) is 0 Å². The molecule has 2 aromatic carbocycles. The van der Waals surface area contributed by atoms with E-state index in [1.807, 2.05) is 24.3 Å². The van der Waals surface area contributed by atoms with Crippen LogP contribution in [0.4, 0.5) is 0 Å². The number of hydrogen-bond acceptors (Lipinski definition) is 4. The normalized spacial score (nSPS) is 20.0. The molecule has 4 nitrogen and oxygen atoms in total. The van der Waals surface area contributed by atoms with Gasteiger partial charge in [-0.2, -0.15) is 0 Å². The highest BCUT2D eigenvalue weighted by molar-refractivity contribution is 14.1. The molecule has 0 radical (unpaired) electrons. The lowest BCUT2D eigenvalue weighted by atomic mass is 10.2. The molecule has 0 aliphatic heterocycles. The van der Waals surface area contributed by atoms with Gasteiger partial charge in [-0.15, -0.1) is 23.2 Å². The van der Waals surface area contributed by atoms with Gasteiger partial charge < -0.3 is 9.47 Å². The van der Waals surface area contributed by atoms with Crippen molar-refractivity contribution in [1.82, 2.24) is 0 Å². The van der Waals surface area contributed by atoms with Crippen molar-refractivity contribution >= 4 is 80.3 Å². The summed E-state index contributed by atoms with van der Waals surface area (Å²) in [7, 11) is 0. The number of ether oxygens (including phenoxy) is 2. The van der Waals surface area contributed by atoms with E-state index in [1.165, 1.54) is 0 Å². The number of benzene rings is 2. The van der Waals surface area contributed by atoms with Gasteiger partial charge >= 0.3 is 11.9 Å². The summed E-state index contributed by atoms with van der Waals surface area (Å²) in [5, 5.41) is 0. The van der Waals surface area contributed by atoms with Crippen LogP contribution in [0.1, 0.15) is 20.7 Å². The summed E-state index contributed by atoms with van der Waals surface area (Å²) < 4.78 is 11.2. The van der Waals surface area contributed by atoms with E-state index in [0.29, 0.717) is 11.1 Å². The van der Waals surface area contributed by atoms with E-state index in [1.54, 1.807) is 24.3 Å². The third-order valence-electron chi connectivity index (χ3n) is 4.34. The zero-order valence-electron chi connectivity index (χ0n) is 13.8. The highest BCUT2D eigenvalue weighted by Crippen LogP contribution is 2.59. The lowest BCUT2D eigenvalue weighted by Crippen LogP contribution is -2.12. The molecule has 1 saturated carbocycles. The molecular weight excluding hydrogens is 617 g/mol. The average molecular weight is 631 g/mol.